The van der Waals surface area contributed by atoms with E-state index < -0.39 is 0 Å². The zero-order chi connectivity index (χ0) is 31.6. The number of nitrogens with zero attached hydrogens (tertiary/aromatic N) is 3. The molecule has 10 rings (SSSR count). The monoisotopic (exact) mass is 615 g/mol. The molecule has 6 aromatic carbocycles. The van der Waals surface area contributed by atoms with Crippen LogP contribution in [0, 0.1) is 0 Å². The Balaban J connectivity index is 1.15. The molecule has 0 spiro atoms. The van der Waals surface area contributed by atoms with Gasteiger partial charge >= 0.3 is 0 Å². The summed E-state index contributed by atoms with van der Waals surface area (Å²) in [5.41, 5.74) is 11.7. The van der Waals surface area contributed by atoms with Gasteiger partial charge in [-0.25, -0.2) is 9.97 Å². The van der Waals surface area contributed by atoms with E-state index in [4.69, 9.17) is 14.4 Å². The summed E-state index contributed by atoms with van der Waals surface area (Å²) in [5, 5.41) is 4.59. The number of benzene rings is 6. The number of hydrogen-bond acceptors (Lipinski definition) is 3. The number of rotatable bonds is 4. The summed E-state index contributed by atoms with van der Waals surface area (Å²) in [5.74, 6) is 1.71. The first-order valence-corrected chi connectivity index (χ1v) is 16.5. The topological polar surface area (TPSA) is 43.9 Å². The van der Waals surface area contributed by atoms with Gasteiger partial charge in [-0.2, -0.15) is 0 Å². The van der Waals surface area contributed by atoms with Gasteiger partial charge in [0, 0.05) is 44.7 Å². The smallest absolute Gasteiger partial charge is 0.160 e. The Morgan fingerprint density at radius 2 is 1.15 bits per heavy atom. The van der Waals surface area contributed by atoms with Crippen molar-refractivity contribution in [3.8, 4) is 28.1 Å². The van der Waals surface area contributed by atoms with E-state index >= 15 is 0 Å². The van der Waals surface area contributed by atoms with E-state index in [1.165, 1.54) is 21.9 Å². The minimum absolute atomic E-state index is 0.724. The molecule has 4 heteroatoms. The van der Waals surface area contributed by atoms with Crippen molar-refractivity contribution in [3.63, 3.8) is 0 Å². The van der Waals surface area contributed by atoms with Crippen molar-refractivity contribution >= 4 is 49.3 Å². The Morgan fingerprint density at radius 3 is 1.92 bits per heavy atom. The standard InChI is InChI=1S/C44H29N3O/c1-2-12-28(13-3-1)29-24-26-30(27-25-29)42-33-16-4-7-19-36(33)45-44(46-42)35-18-11-23-40-41(35)34-17-10-22-39(43(34)48-40)47-37-20-8-5-14-31(37)32-15-6-9-21-38(32)47/h1-10,12-22,24-27H,11,23H2. The summed E-state index contributed by atoms with van der Waals surface area (Å²) in [4.78, 5) is 10.5. The van der Waals surface area contributed by atoms with Crippen LogP contribution in [0.2, 0.25) is 0 Å². The molecular formula is C44H29N3O. The van der Waals surface area contributed by atoms with E-state index in [2.05, 4.69) is 144 Å². The largest absolute Gasteiger partial charge is 0.458 e. The van der Waals surface area contributed by atoms with Crippen LogP contribution in [0.3, 0.4) is 0 Å². The lowest BCUT2D eigenvalue weighted by atomic mass is 9.93. The summed E-state index contributed by atoms with van der Waals surface area (Å²) in [6, 6.07) is 51.2. The quantitative estimate of drug-likeness (QED) is 0.198. The summed E-state index contributed by atoms with van der Waals surface area (Å²) in [7, 11) is 0. The third-order valence-corrected chi connectivity index (χ3v) is 9.69. The maximum absolute atomic E-state index is 6.84. The molecule has 0 bridgehead atoms. The first-order valence-electron chi connectivity index (χ1n) is 16.5. The highest BCUT2D eigenvalue weighted by atomic mass is 16.3. The van der Waals surface area contributed by atoms with Crippen LogP contribution < -0.4 is 0 Å². The molecule has 0 aliphatic heterocycles. The Bertz CT molecular complexity index is 2660. The molecule has 1 aliphatic carbocycles. The molecule has 0 amide bonds. The third kappa shape index (κ3) is 4.09. The van der Waals surface area contributed by atoms with Gasteiger partial charge in [-0.1, -0.05) is 127 Å². The molecule has 0 atom stereocenters. The number of aromatic nitrogens is 3. The second-order valence-electron chi connectivity index (χ2n) is 12.4. The maximum Gasteiger partial charge on any atom is 0.160 e. The van der Waals surface area contributed by atoms with Crippen molar-refractivity contribution in [1.29, 1.82) is 0 Å². The van der Waals surface area contributed by atoms with Gasteiger partial charge in [0.2, 0.25) is 0 Å². The lowest BCUT2D eigenvalue weighted by molar-refractivity contribution is 0.544. The minimum Gasteiger partial charge on any atom is -0.458 e. The molecule has 0 unspecified atom stereocenters. The molecule has 0 fully saturated rings. The summed E-state index contributed by atoms with van der Waals surface area (Å²) < 4.78 is 9.18. The molecule has 3 aromatic heterocycles. The highest BCUT2D eigenvalue weighted by Gasteiger charge is 2.27. The molecule has 0 N–H and O–H groups in total. The van der Waals surface area contributed by atoms with Gasteiger partial charge in [0.15, 0.2) is 11.4 Å². The summed E-state index contributed by atoms with van der Waals surface area (Å²) in [6.07, 6.45) is 3.99. The van der Waals surface area contributed by atoms with E-state index in [-0.39, 0.29) is 0 Å². The maximum atomic E-state index is 6.84. The van der Waals surface area contributed by atoms with Crippen LogP contribution in [0.5, 0.6) is 0 Å². The average molecular weight is 616 g/mol. The van der Waals surface area contributed by atoms with Crippen LogP contribution in [0.15, 0.2) is 156 Å². The number of aryl methyl sites for hydroxylation is 1. The molecule has 0 radical (unpaired) electrons. The van der Waals surface area contributed by atoms with Crippen LogP contribution in [0.4, 0.5) is 0 Å². The van der Waals surface area contributed by atoms with E-state index in [9.17, 15) is 0 Å². The molecule has 1 aliphatic rings. The molecule has 0 saturated carbocycles. The van der Waals surface area contributed by atoms with Gasteiger partial charge in [0.25, 0.3) is 0 Å². The molecule has 0 saturated heterocycles. The predicted octanol–water partition coefficient (Wildman–Crippen LogP) is 11.2. The molecule has 3 heterocycles. The van der Waals surface area contributed by atoms with E-state index in [1.54, 1.807) is 0 Å². The van der Waals surface area contributed by atoms with Crippen LogP contribution in [0.1, 0.15) is 23.6 Å². The van der Waals surface area contributed by atoms with Crippen molar-refractivity contribution in [2.75, 3.05) is 0 Å². The molecule has 9 aromatic rings. The van der Waals surface area contributed by atoms with E-state index in [0.717, 1.165) is 85.4 Å². The van der Waals surface area contributed by atoms with Gasteiger partial charge in [0.1, 0.15) is 5.76 Å². The van der Waals surface area contributed by atoms with Gasteiger partial charge < -0.3 is 8.98 Å². The van der Waals surface area contributed by atoms with E-state index in [0.29, 0.717) is 0 Å². The van der Waals surface area contributed by atoms with Gasteiger partial charge in [0.05, 0.1) is 27.9 Å². The molecule has 48 heavy (non-hydrogen) atoms. The Hall–Kier alpha value is -6.26. The second-order valence-corrected chi connectivity index (χ2v) is 12.4. The number of allylic oxidation sites excluding steroid dienone is 1. The van der Waals surface area contributed by atoms with Gasteiger partial charge in [-0.15, -0.1) is 0 Å². The Kier molecular flexibility index (Phi) is 5.97. The minimum atomic E-state index is 0.724. The van der Waals surface area contributed by atoms with Crippen molar-refractivity contribution in [2.24, 2.45) is 0 Å². The van der Waals surface area contributed by atoms with Crippen molar-refractivity contribution in [1.82, 2.24) is 14.5 Å². The fourth-order valence-corrected chi connectivity index (χ4v) is 7.50. The van der Waals surface area contributed by atoms with Crippen LogP contribution >= 0.6 is 0 Å². The third-order valence-electron chi connectivity index (χ3n) is 9.69. The SMILES string of the molecule is C1=C(c2nc(-c3ccc(-c4ccccc4)cc3)c3ccccc3n2)c2c(oc3c(-n4c5ccccc5c5ccccc54)cccc23)CC1. The highest BCUT2D eigenvalue weighted by molar-refractivity contribution is 6.11. The summed E-state index contributed by atoms with van der Waals surface area (Å²) >= 11 is 0. The zero-order valence-corrected chi connectivity index (χ0v) is 26.1. The number of furan rings is 1. The van der Waals surface area contributed by atoms with Gasteiger partial charge in [-0.3, -0.25) is 0 Å². The molecule has 226 valence electrons. The lowest BCUT2D eigenvalue weighted by Gasteiger charge is -2.15. The Labute approximate surface area is 277 Å². The van der Waals surface area contributed by atoms with Crippen LogP contribution in [0.25, 0.3) is 77.3 Å². The molecule has 4 nitrogen and oxygen atoms in total. The van der Waals surface area contributed by atoms with Crippen LogP contribution in [-0.4, -0.2) is 14.5 Å². The second kappa shape index (κ2) is 10.6. The number of hydrogen-bond donors (Lipinski definition) is 0. The molecular weight excluding hydrogens is 587 g/mol. The normalized spacial score (nSPS) is 13.0. The summed E-state index contributed by atoms with van der Waals surface area (Å²) in [6.45, 7) is 0. The Morgan fingerprint density at radius 1 is 0.521 bits per heavy atom. The highest BCUT2D eigenvalue weighted by Crippen LogP contribution is 2.43. The van der Waals surface area contributed by atoms with Crippen molar-refractivity contribution < 1.29 is 4.42 Å². The lowest BCUT2D eigenvalue weighted by Crippen LogP contribution is -2.04. The van der Waals surface area contributed by atoms with Crippen LogP contribution in [-0.2, 0) is 6.42 Å². The number of para-hydroxylation sites is 4. The van der Waals surface area contributed by atoms with Crippen molar-refractivity contribution in [3.05, 3.63) is 169 Å². The number of fused-ring (bicyclic) bond motifs is 7. The predicted molar refractivity (Wildman–Crippen MR) is 196 cm³/mol. The average Bonchev–Trinajstić information content (AvgIpc) is 3.71. The fraction of sp³-hybridized carbons (Fsp3) is 0.0455. The van der Waals surface area contributed by atoms with Crippen molar-refractivity contribution in [2.45, 2.75) is 12.8 Å². The van der Waals surface area contributed by atoms with Gasteiger partial charge in [-0.05, 0) is 41.8 Å². The first-order chi connectivity index (χ1) is 23.8. The first kappa shape index (κ1) is 26.9. The van der Waals surface area contributed by atoms with E-state index in [1.807, 2.05) is 12.1 Å². The zero-order valence-electron chi connectivity index (χ0n) is 26.1. The fourth-order valence-electron chi connectivity index (χ4n) is 7.50.